The Morgan fingerprint density at radius 1 is 1.35 bits per heavy atom. The second-order valence-corrected chi connectivity index (χ2v) is 9.95. The van der Waals surface area contributed by atoms with Crippen molar-refractivity contribution in [3.05, 3.63) is 19.2 Å². The summed E-state index contributed by atoms with van der Waals surface area (Å²) in [4.78, 5) is 3.92. The summed E-state index contributed by atoms with van der Waals surface area (Å²) in [5.41, 5.74) is 6.48. The van der Waals surface area contributed by atoms with Gasteiger partial charge in [0.05, 0.1) is 9.83 Å². The molecular formula is C15H24Br2N2S. The second-order valence-electron chi connectivity index (χ2n) is 6.70. The molecule has 2 rings (SSSR count). The smallest absolute Gasteiger partial charge is 0.0843 e. The normalized spacial score (nSPS) is 20.3. The molecule has 1 unspecified atom stereocenters. The molecule has 0 aliphatic carbocycles. The van der Waals surface area contributed by atoms with Crippen molar-refractivity contribution in [1.82, 2.24) is 4.90 Å². The van der Waals surface area contributed by atoms with E-state index < -0.39 is 0 Å². The Labute approximate surface area is 143 Å². The van der Waals surface area contributed by atoms with Gasteiger partial charge in [-0.2, -0.15) is 0 Å². The number of hydrogen-bond donors (Lipinski definition) is 1. The number of likely N-dealkylation sites (tertiary alicyclic amines) is 1. The molecule has 0 bridgehead atoms. The van der Waals surface area contributed by atoms with Gasteiger partial charge in [0.2, 0.25) is 0 Å². The molecule has 2 heterocycles. The molecule has 1 aromatic rings. The average Bonchev–Trinajstić information content (AvgIpc) is 2.70. The number of rotatable bonds is 3. The van der Waals surface area contributed by atoms with Crippen LogP contribution in [0.3, 0.4) is 0 Å². The zero-order chi connectivity index (χ0) is 14.9. The van der Waals surface area contributed by atoms with Gasteiger partial charge in [-0.3, -0.25) is 4.90 Å². The number of halogens is 2. The standard InChI is InChI=1S/C15H24Br2N2S/c1-15(2,3)10-4-6-19(7-5-10)12(9-18)13-8-11(16)14(17)20-13/h8,10,12H,4-7,9,18H2,1-3H3. The molecular weight excluding hydrogens is 400 g/mol. The maximum atomic E-state index is 6.05. The largest absolute Gasteiger partial charge is 0.329 e. The molecule has 20 heavy (non-hydrogen) atoms. The molecule has 2 N–H and O–H groups in total. The number of nitrogens with zero attached hydrogens (tertiary/aromatic N) is 1. The molecule has 114 valence electrons. The molecule has 0 radical (unpaired) electrons. The fourth-order valence-electron chi connectivity index (χ4n) is 3.05. The van der Waals surface area contributed by atoms with Gasteiger partial charge >= 0.3 is 0 Å². The third-order valence-electron chi connectivity index (χ3n) is 4.41. The minimum absolute atomic E-state index is 0.364. The van der Waals surface area contributed by atoms with Crippen LogP contribution in [0, 0.1) is 11.3 Å². The van der Waals surface area contributed by atoms with Gasteiger partial charge in [0, 0.05) is 15.9 Å². The van der Waals surface area contributed by atoms with Gasteiger partial charge in [0.1, 0.15) is 0 Å². The Morgan fingerprint density at radius 2 is 1.95 bits per heavy atom. The van der Waals surface area contributed by atoms with Crippen LogP contribution in [0.1, 0.15) is 44.5 Å². The van der Waals surface area contributed by atoms with E-state index in [1.54, 1.807) is 11.3 Å². The monoisotopic (exact) mass is 422 g/mol. The van der Waals surface area contributed by atoms with Crippen molar-refractivity contribution in [2.75, 3.05) is 19.6 Å². The van der Waals surface area contributed by atoms with Crippen molar-refractivity contribution in [2.24, 2.45) is 17.1 Å². The lowest BCUT2D eigenvalue weighted by molar-refractivity contribution is 0.0857. The van der Waals surface area contributed by atoms with Crippen LogP contribution in [-0.2, 0) is 0 Å². The minimum Gasteiger partial charge on any atom is -0.329 e. The van der Waals surface area contributed by atoms with Crippen LogP contribution in [0.2, 0.25) is 0 Å². The van der Waals surface area contributed by atoms with Crippen molar-refractivity contribution < 1.29 is 0 Å². The molecule has 1 saturated heterocycles. The van der Waals surface area contributed by atoms with Crippen molar-refractivity contribution in [2.45, 2.75) is 39.7 Å². The van der Waals surface area contributed by atoms with Crippen molar-refractivity contribution in [3.8, 4) is 0 Å². The third-order valence-corrected chi connectivity index (χ3v) is 7.77. The van der Waals surface area contributed by atoms with E-state index in [0.29, 0.717) is 18.0 Å². The van der Waals surface area contributed by atoms with Gasteiger partial charge in [-0.15, -0.1) is 11.3 Å². The summed E-state index contributed by atoms with van der Waals surface area (Å²) in [6, 6.07) is 2.57. The molecule has 1 aromatic heterocycles. The fraction of sp³-hybridized carbons (Fsp3) is 0.733. The fourth-order valence-corrected chi connectivity index (χ4v) is 5.29. The molecule has 5 heteroatoms. The lowest BCUT2D eigenvalue weighted by Crippen LogP contribution is -2.42. The van der Waals surface area contributed by atoms with Gasteiger partial charge in [-0.05, 0) is 75.2 Å². The van der Waals surface area contributed by atoms with E-state index >= 15 is 0 Å². The van der Waals surface area contributed by atoms with E-state index in [-0.39, 0.29) is 0 Å². The summed E-state index contributed by atoms with van der Waals surface area (Å²) in [5.74, 6) is 0.832. The Morgan fingerprint density at radius 3 is 2.35 bits per heavy atom. The first-order valence-electron chi connectivity index (χ1n) is 7.21. The van der Waals surface area contributed by atoms with Crippen molar-refractivity contribution >= 4 is 43.2 Å². The van der Waals surface area contributed by atoms with Crippen LogP contribution in [0.4, 0.5) is 0 Å². The van der Waals surface area contributed by atoms with Gasteiger partial charge in [-0.25, -0.2) is 0 Å². The van der Waals surface area contributed by atoms with Gasteiger partial charge in [0.15, 0.2) is 0 Å². The van der Waals surface area contributed by atoms with Crippen molar-refractivity contribution in [1.29, 1.82) is 0 Å². The first-order valence-corrected chi connectivity index (χ1v) is 9.62. The first-order chi connectivity index (χ1) is 9.32. The van der Waals surface area contributed by atoms with E-state index in [0.717, 1.165) is 27.3 Å². The molecule has 0 saturated carbocycles. The average molecular weight is 424 g/mol. The molecule has 0 amide bonds. The summed E-state index contributed by atoms with van der Waals surface area (Å²) in [6.45, 7) is 10.1. The predicted octanol–water partition coefficient (Wildman–Crippen LogP) is 5.03. The van der Waals surface area contributed by atoms with Crippen LogP contribution in [-0.4, -0.2) is 24.5 Å². The Balaban J connectivity index is 2.04. The summed E-state index contributed by atoms with van der Waals surface area (Å²) in [6.07, 6.45) is 2.57. The summed E-state index contributed by atoms with van der Waals surface area (Å²) in [7, 11) is 0. The highest BCUT2D eigenvalue weighted by molar-refractivity contribution is 9.13. The van der Waals surface area contributed by atoms with Gasteiger partial charge in [-0.1, -0.05) is 20.8 Å². The van der Waals surface area contributed by atoms with Crippen LogP contribution < -0.4 is 5.73 Å². The zero-order valence-electron chi connectivity index (χ0n) is 12.5. The Kier molecular flexibility index (Phi) is 5.74. The van der Waals surface area contributed by atoms with Crippen LogP contribution in [0.25, 0.3) is 0 Å². The molecule has 1 atom stereocenters. The number of thiophene rings is 1. The molecule has 1 aliphatic heterocycles. The molecule has 1 aliphatic rings. The summed E-state index contributed by atoms with van der Waals surface area (Å²) >= 11 is 8.96. The highest BCUT2D eigenvalue weighted by atomic mass is 79.9. The van der Waals surface area contributed by atoms with Crippen LogP contribution in [0.5, 0.6) is 0 Å². The maximum absolute atomic E-state index is 6.05. The molecule has 0 aromatic carbocycles. The first kappa shape index (κ1) is 16.9. The number of hydrogen-bond acceptors (Lipinski definition) is 3. The zero-order valence-corrected chi connectivity index (χ0v) is 16.4. The molecule has 2 nitrogen and oxygen atoms in total. The number of nitrogens with two attached hydrogens (primary N) is 1. The van der Waals surface area contributed by atoms with Crippen LogP contribution >= 0.6 is 43.2 Å². The van der Waals surface area contributed by atoms with Crippen molar-refractivity contribution in [3.63, 3.8) is 0 Å². The van der Waals surface area contributed by atoms with E-state index in [1.165, 1.54) is 17.7 Å². The predicted molar refractivity (Wildman–Crippen MR) is 95.3 cm³/mol. The second kappa shape index (κ2) is 6.78. The maximum Gasteiger partial charge on any atom is 0.0843 e. The van der Waals surface area contributed by atoms with Crippen LogP contribution in [0.15, 0.2) is 14.3 Å². The topological polar surface area (TPSA) is 29.3 Å². The Bertz CT molecular complexity index is 426. The minimum atomic E-state index is 0.364. The molecule has 0 spiro atoms. The SMILES string of the molecule is CC(C)(C)C1CCN(C(CN)c2cc(Br)c(Br)s2)CC1. The van der Waals surface area contributed by atoms with E-state index in [9.17, 15) is 0 Å². The lowest BCUT2D eigenvalue weighted by Gasteiger charge is -2.41. The van der Waals surface area contributed by atoms with E-state index in [2.05, 4.69) is 63.6 Å². The highest BCUT2D eigenvalue weighted by Crippen LogP contribution is 2.40. The summed E-state index contributed by atoms with van der Waals surface area (Å²) < 4.78 is 2.30. The van der Waals surface area contributed by atoms with Gasteiger partial charge in [0.25, 0.3) is 0 Å². The van der Waals surface area contributed by atoms with E-state index in [4.69, 9.17) is 5.73 Å². The Hall–Kier alpha value is 0.580. The third kappa shape index (κ3) is 3.86. The van der Waals surface area contributed by atoms with E-state index in [1.807, 2.05) is 0 Å². The summed E-state index contributed by atoms with van der Waals surface area (Å²) in [5, 5.41) is 0. The quantitative estimate of drug-likeness (QED) is 0.738. The lowest BCUT2D eigenvalue weighted by atomic mass is 9.75. The van der Waals surface area contributed by atoms with Gasteiger partial charge < -0.3 is 5.73 Å². The highest BCUT2D eigenvalue weighted by Gasteiger charge is 2.32. The number of piperidine rings is 1. The molecule has 1 fully saturated rings.